The van der Waals surface area contributed by atoms with Crippen molar-refractivity contribution >= 4 is 32.8 Å². The van der Waals surface area contributed by atoms with E-state index in [1.54, 1.807) is 0 Å². The highest BCUT2D eigenvalue weighted by atomic mass is 127. The van der Waals surface area contributed by atoms with E-state index in [4.69, 9.17) is 4.52 Å². The van der Waals surface area contributed by atoms with Gasteiger partial charge in [0.15, 0.2) is 0 Å². The Bertz CT molecular complexity index is 619. The van der Waals surface area contributed by atoms with Crippen LogP contribution in [0.2, 0.25) is 0 Å². The first kappa shape index (κ1) is 17.0. The summed E-state index contributed by atoms with van der Waals surface area (Å²) in [6.07, 6.45) is 0. The van der Waals surface area contributed by atoms with Crippen molar-refractivity contribution in [1.82, 2.24) is 0 Å². The van der Waals surface area contributed by atoms with Crippen molar-refractivity contribution in [3.8, 4) is 5.75 Å². The lowest BCUT2D eigenvalue weighted by atomic mass is 10.0. The molecule has 1 atom stereocenters. The molecule has 0 N–H and O–H groups in total. The Balaban J connectivity index is 0.00000176. The number of hydrogen-bond donors (Lipinski definition) is 0. The molecule has 0 heterocycles. The topological polar surface area (TPSA) is 9.23 Å². The summed E-state index contributed by atoms with van der Waals surface area (Å²) in [7, 11) is 0.356. The predicted octanol–water partition coefficient (Wildman–Crippen LogP) is 6.07. The Labute approximate surface area is 150 Å². The summed E-state index contributed by atoms with van der Waals surface area (Å²) < 4.78 is 6.00. The minimum atomic E-state index is 0. The van der Waals surface area contributed by atoms with E-state index < -0.39 is 0 Å². The standard InChI is InChI=1S/C19H17OP.HI/c1-4-10-16(11-5-1)19(17-12-6-2-7-13-17)21-20-18-14-8-3-9-15-18;/h1-15,19,21H;1H. The van der Waals surface area contributed by atoms with Crippen molar-refractivity contribution in [3.63, 3.8) is 0 Å². The summed E-state index contributed by atoms with van der Waals surface area (Å²) in [5.41, 5.74) is 2.85. The molecule has 0 radical (unpaired) electrons. The highest BCUT2D eigenvalue weighted by molar-refractivity contribution is 14.0. The molecule has 3 aromatic carbocycles. The van der Waals surface area contributed by atoms with Crippen LogP contribution in [0, 0.1) is 0 Å². The van der Waals surface area contributed by atoms with Gasteiger partial charge >= 0.3 is 0 Å². The van der Waals surface area contributed by atoms with E-state index in [1.165, 1.54) is 11.1 Å². The van der Waals surface area contributed by atoms with Gasteiger partial charge in [0, 0.05) is 0 Å². The van der Waals surface area contributed by atoms with E-state index in [2.05, 4.69) is 48.5 Å². The van der Waals surface area contributed by atoms with Gasteiger partial charge in [-0.2, -0.15) is 0 Å². The van der Waals surface area contributed by atoms with Gasteiger partial charge in [0.25, 0.3) is 0 Å². The van der Waals surface area contributed by atoms with Crippen LogP contribution in [-0.4, -0.2) is 0 Å². The molecule has 22 heavy (non-hydrogen) atoms. The van der Waals surface area contributed by atoms with Gasteiger partial charge in [-0.15, -0.1) is 24.0 Å². The summed E-state index contributed by atoms with van der Waals surface area (Å²) in [5, 5.41) is 0. The number of hydrogen-bond acceptors (Lipinski definition) is 1. The van der Waals surface area contributed by atoms with Crippen LogP contribution >= 0.6 is 32.8 Å². The fourth-order valence-corrected chi connectivity index (χ4v) is 3.28. The smallest absolute Gasteiger partial charge is 0.122 e. The van der Waals surface area contributed by atoms with Gasteiger partial charge in [-0.05, 0) is 23.3 Å². The lowest BCUT2D eigenvalue weighted by Crippen LogP contribution is -1.97. The fraction of sp³-hybridized carbons (Fsp3) is 0.0526. The van der Waals surface area contributed by atoms with E-state index in [0.717, 1.165) is 5.75 Å². The predicted molar refractivity (Wildman–Crippen MR) is 106 cm³/mol. The maximum absolute atomic E-state index is 6.00. The summed E-state index contributed by atoms with van der Waals surface area (Å²) in [6, 6.07) is 31.1. The SMILES string of the molecule is I.c1ccc(OPC(c2ccccc2)c2ccccc2)cc1. The first-order valence-electron chi connectivity index (χ1n) is 7.01. The molecular weight excluding hydrogens is 402 g/mol. The molecule has 0 saturated heterocycles. The average molecular weight is 420 g/mol. The second-order valence-electron chi connectivity index (χ2n) is 4.79. The van der Waals surface area contributed by atoms with E-state index in [1.807, 2.05) is 42.5 Å². The third-order valence-electron chi connectivity index (χ3n) is 3.30. The molecule has 0 aliphatic heterocycles. The zero-order valence-electron chi connectivity index (χ0n) is 12.1. The Hall–Kier alpha value is -1.38. The minimum Gasteiger partial charge on any atom is -0.476 e. The summed E-state index contributed by atoms with van der Waals surface area (Å²) in [6.45, 7) is 0. The summed E-state index contributed by atoms with van der Waals surface area (Å²) in [4.78, 5) is 0. The molecule has 0 aliphatic rings. The molecule has 1 nitrogen and oxygen atoms in total. The number of benzene rings is 3. The molecule has 0 amide bonds. The van der Waals surface area contributed by atoms with Gasteiger partial charge < -0.3 is 4.52 Å². The lowest BCUT2D eigenvalue weighted by Gasteiger charge is -2.18. The molecule has 0 spiro atoms. The van der Waals surface area contributed by atoms with Crippen molar-refractivity contribution in [3.05, 3.63) is 102 Å². The number of para-hydroxylation sites is 1. The Morgan fingerprint density at radius 3 is 1.45 bits per heavy atom. The van der Waals surface area contributed by atoms with Gasteiger partial charge in [0.2, 0.25) is 0 Å². The van der Waals surface area contributed by atoms with Gasteiger partial charge in [-0.1, -0.05) is 78.9 Å². The van der Waals surface area contributed by atoms with E-state index in [9.17, 15) is 0 Å². The van der Waals surface area contributed by atoms with Crippen molar-refractivity contribution in [2.24, 2.45) is 0 Å². The molecule has 3 aromatic rings. The first-order chi connectivity index (χ1) is 10.4. The molecule has 3 heteroatoms. The fourth-order valence-electron chi connectivity index (χ4n) is 2.24. The van der Waals surface area contributed by atoms with Crippen LogP contribution in [0.4, 0.5) is 0 Å². The average Bonchev–Trinajstić information content (AvgIpc) is 2.58. The normalized spacial score (nSPS) is 10.6. The van der Waals surface area contributed by atoms with Crippen LogP contribution in [-0.2, 0) is 0 Å². The van der Waals surface area contributed by atoms with Crippen LogP contribution in [0.15, 0.2) is 91.0 Å². The molecular formula is C19H18IOP. The highest BCUT2D eigenvalue weighted by Crippen LogP contribution is 2.41. The summed E-state index contributed by atoms with van der Waals surface area (Å²) >= 11 is 0. The van der Waals surface area contributed by atoms with Crippen LogP contribution in [0.3, 0.4) is 0 Å². The molecule has 112 valence electrons. The van der Waals surface area contributed by atoms with Crippen molar-refractivity contribution in [2.75, 3.05) is 0 Å². The second-order valence-corrected chi connectivity index (χ2v) is 5.80. The van der Waals surface area contributed by atoms with E-state index >= 15 is 0 Å². The maximum Gasteiger partial charge on any atom is 0.122 e. The third kappa shape index (κ3) is 4.56. The minimum absolute atomic E-state index is 0. The van der Waals surface area contributed by atoms with Crippen LogP contribution in [0.25, 0.3) is 0 Å². The third-order valence-corrected chi connectivity index (χ3v) is 4.56. The monoisotopic (exact) mass is 420 g/mol. The van der Waals surface area contributed by atoms with E-state index in [-0.39, 0.29) is 29.6 Å². The highest BCUT2D eigenvalue weighted by Gasteiger charge is 2.15. The summed E-state index contributed by atoms with van der Waals surface area (Å²) in [5.74, 6) is 0.924. The van der Waals surface area contributed by atoms with Gasteiger partial charge in [0.1, 0.15) is 5.75 Å². The Morgan fingerprint density at radius 2 is 1.00 bits per heavy atom. The second kappa shape index (κ2) is 8.92. The molecule has 0 aliphatic carbocycles. The van der Waals surface area contributed by atoms with Gasteiger partial charge in [-0.3, -0.25) is 0 Å². The molecule has 0 bridgehead atoms. The van der Waals surface area contributed by atoms with Gasteiger partial charge in [-0.25, -0.2) is 0 Å². The largest absolute Gasteiger partial charge is 0.476 e. The lowest BCUT2D eigenvalue weighted by molar-refractivity contribution is 0.624. The quantitative estimate of drug-likeness (QED) is 0.360. The van der Waals surface area contributed by atoms with Crippen molar-refractivity contribution in [1.29, 1.82) is 0 Å². The zero-order valence-corrected chi connectivity index (χ0v) is 15.4. The molecule has 0 fully saturated rings. The van der Waals surface area contributed by atoms with Crippen LogP contribution in [0.1, 0.15) is 16.8 Å². The van der Waals surface area contributed by atoms with Crippen LogP contribution in [0.5, 0.6) is 5.75 Å². The Morgan fingerprint density at radius 1 is 0.591 bits per heavy atom. The molecule has 0 aromatic heterocycles. The number of rotatable bonds is 5. The van der Waals surface area contributed by atoms with Crippen molar-refractivity contribution in [2.45, 2.75) is 5.66 Å². The number of halogens is 1. The molecule has 3 rings (SSSR count). The Kier molecular flexibility index (Phi) is 6.88. The van der Waals surface area contributed by atoms with Crippen molar-refractivity contribution < 1.29 is 4.52 Å². The first-order valence-corrected chi connectivity index (χ1v) is 7.99. The molecule has 1 unspecified atom stereocenters. The maximum atomic E-state index is 6.00. The van der Waals surface area contributed by atoms with E-state index in [0.29, 0.717) is 8.81 Å². The zero-order chi connectivity index (χ0) is 14.3. The van der Waals surface area contributed by atoms with Crippen LogP contribution < -0.4 is 4.52 Å². The molecule has 0 saturated carbocycles. The van der Waals surface area contributed by atoms with Gasteiger partial charge in [0.05, 0.1) is 14.5 Å².